The van der Waals surface area contributed by atoms with Gasteiger partial charge in [0.15, 0.2) is 11.4 Å². The quantitative estimate of drug-likeness (QED) is 0.753. The summed E-state index contributed by atoms with van der Waals surface area (Å²) >= 11 is 3.35. The molecular weight excluding hydrogens is 402 g/mol. The summed E-state index contributed by atoms with van der Waals surface area (Å²) in [5.41, 5.74) is -0.709. The van der Waals surface area contributed by atoms with E-state index in [1.165, 1.54) is 25.2 Å². The summed E-state index contributed by atoms with van der Waals surface area (Å²) in [7, 11) is 4.52. The molecule has 0 radical (unpaired) electrons. The van der Waals surface area contributed by atoms with Crippen LogP contribution in [0, 0.1) is 0 Å². The second kappa shape index (κ2) is 6.74. The normalized spacial score (nSPS) is 18.7. The van der Waals surface area contributed by atoms with Crippen molar-refractivity contribution in [3.05, 3.63) is 52.0 Å². The number of benzene rings is 2. The topological polar surface area (TPSA) is 76.1 Å². The molecule has 0 spiro atoms. The third kappa shape index (κ3) is 2.87. The second-order valence-corrected chi connectivity index (χ2v) is 6.97. The maximum Gasteiger partial charge on any atom is 0.263 e. The summed E-state index contributed by atoms with van der Waals surface area (Å²) in [6.45, 7) is 0. The van der Waals surface area contributed by atoms with Crippen LogP contribution in [0.5, 0.6) is 11.5 Å². The summed E-state index contributed by atoms with van der Waals surface area (Å²) in [6.07, 6.45) is -0.400. The lowest BCUT2D eigenvalue weighted by atomic mass is 9.88. The molecule has 0 saturated heterocycles. The number of amides is 1. The molecule has 1 heterocycles. The molecule has 136 valence electrons. The Kier molecular flexibility index (Phi) is 4.77. The van der Waals surface area contributed by atoms with Gasteiger partial charge >= 0.3 is 0 Å². The minimum absolute atomic E-state index is 0.249. The number of ketones is 1. The number of hydrogen-bond acceptors (Lipinski definition) is 5. The smallest absolute Gasteiger partial charge is 0.263 e. The van der Waals surface area contributed by atoms with Crippen molar-refractivity contribution >= 4 is 33.3 Å². The molecule has 6 nitrogen and oxygen atoms in total. The standard InChI is InChI=1S/C19H18BrNO5/c1-21-15-6-4-11(20)8-14(15)19(24,18(21)23)10-16(22)13-9-12(25-2)5-7-17(13)26-3/h4-9,24H,10H2,1-3H3. The van der Waals surface area contributed by atoms with E-state index in [1.807, 2.05) is 0 Å². The lowest BCUT2D eigenvalue weighted by molar-refractivity contribution is -0.135. The van der Waals surface area contributed by atoms with Crippen molar-refractivity contribution in [2.45, 2.75) is 12.0 Å². The second-order valence-electron chi connectivity index (χ2n) is 6.05. The molecule has 3 rings (SSSR count). The van der Waals surface area contributed by atoms with Crippen molar-refractivity contribution in [3.8, 4) is 11.5 Å². The number of halogens is 1. The number of methoxy groups -OCH3 is 2. The van der Waals surface area contributed by atoms with Crippen LogP contribution in [0.1, 0.15) is 22.3 Å². The fourth-order valence-electron chi connectivity index (χ4n) is 3.16. The molecule has 1 atom stereocenters. The van der Waals surface area contributed by atoms with Crippen molar-refractivity contribution in [2.24, 2.45) is 0 Å². The van der Waals surface area contributed by atoms with Crippen LogP contribution in [0.15, 0.2) is 40.9 Å². The molecule has 7 heteroatoms. The van der Waals surface area contributed by atoms with Crippen LogP contribution >= 0.6 is 15.9 Å². The molecule has 1 aliphatic heterocycles. The highest BCUT2D eigenvalue weighted by Crippen LogP contribution is 2.43. The SMILES string of the molecule is COc1ccc(OC)c(C(=O)CC2(O)C(=O)N(C)c3ccc(Br)cc32)c1. The Morgan fingerprint density at radius 3 is 2.58 bits per heavy atom. The molecule has 1 N–H and O–H groups in total. The third-order valence-corrected chi connectivity index (χ3v) is 5.04. The fraction of sp³-hybridized carbons (Fsp3) is 0.263. The molecule has 1 unspecified atom stereocenters. The molecule has 26 heavy (non-hydrogen) atoms. The first-order valence-corrected chi connectivity index (χ1v) is 8.67. The molecular formula is C19H18BrNO5. The van der Waals surface area contributed by atoms with Crippen molar-refractivity contribution in [1.82, 2.24) is 0 Å². The molecule has 0 saturated carbocycles. The molecule has 1 aliphatic rings. The Balaban J connectivity index is 2.02. The van der Waals surface area contributed by atoms with Gasteiger partial charge in [-0.1, -0.05) is 15.9 Å². The number of fused-ring (bicyclic) bond motifs is 1. The van der Waals surface area contributed by atoms with Gasteiger partial charge in [0.1, 0.15) is 11.5 Å². The average molecular weight is 420 g/mol. The van der Waals surface area contributed by atoms with Gasteiger partial charge in [-0.05, 0) is 36.4 Å². The number of carbonyl (C=O) groups is 2. The lowest BCUT2D eigenvalue weighted by Crippen LogP contribution is -2.40. The largest absolute Gasteiger partial charge is 0.497 e. The predicted octanol–water partition coefficient (Wildman–Crippen LogP) is 2.90. The number of nitrogens with zero attached hydrogens (tertiary/aromatic N) is 1. The van der Waals surface area contributed by atoms with Gasteiger partial charge in [0.25, 0.3) is 5.91 Å². The van der Waals surface area contributed by atoms with Gasteiger partial charge in [0.2, 0.25) is 0 Å². The Morgan fingerprint density at radius 1 is 1.19 bits per heavy atom. The zero-order valence-electron chi connectivity index (χ0n) is 14.6. The predicted molar refractivity (Wildman–Crippen MR) is 99.9 cm³/mol. The van der Waals surface area contributed by atoms with E-state index in [1.54, 1.807) is 37.4 Å². The summed E-state index contributed by atoms with van der Waals surface area (Å²) in [5.74, 6) is -0.120. The van der Waals surface area contributed by atoms with Crippen LogP contribution in [0.2, 0.25) is 0 Å². The highest BCUT2D eigenvalue weighted by molar-refractivity contribution is 9.10. The monoisotopic (exact) mass is 419 g/mol. The number of ether oxygens (including phenoxy) is 2. The van der Waals surface area contributed by atoms with Crippen molar-refractivity contribution in [1.29, 1.82) is 0 Å². The number of carbonyl (C=O) groups excluding carboxylic acids is 2. The number of Topliss-reactive ketones (excluding diaryl/α,β-unsaturated/α-hetero) is 1. The van der Waals surface area contributed by atoms with E-state index in [-0.39, 0.29) is 5.56 Å². The first kappa shape index (κ1) is 18.4. The first-order valence-electron chi connectivity index (χ1n) is 7.87. The number of rotatable bonds is 5. The molecule has 2 aromatic rings. The van der Waals surface area contributed by atoms with Crippen LogP contribution in [0.3, 0.4) is 0 Å². The molecule has 0 aliphatic carbocycles. The van der Waals surface area contributed by atoms with E-state index >= 15 is 0 Å². The van der Waals surface area contributed by atoms with Crippen molar-refractivity contribution < 1.29 is 24.2 Å². The summed E-state index contributed by atoms with van der Waals surface area (Å²) in [4.78, 5) is 27.0. The maximum atomic E-state index is 12.9. The number of aliphatic hydroxyl groups is 1. The Hall–Kier alpha value is -2.38. The highest BCUT2D eigenvalue weighted by atomic mass is 79.9. The number of anilines is 1. The van der Waals surface area contributed by atoms with E-state index in [0.717, 1.165) is 0 Å². The zero-order chi connectivity index (χ0) is 19.1. The van der Waals surface area contributed by atoms with E-state index in [2.05, 4.69) is 15.9 Å². The third-order valence-electron chi connectivity index (χ3n) is 4.55. The van der Waals surface area contributed by atoms with Crippen LogP contribution < -0.4 is 14.4 Å². The minimum Gasteiger partial charge on any atom is -0.497 e. The number of hydrogen-bond donors (Lipinski definition) is 1. The van der Waals surface area contributed by atoms with Gasteiger partial charge in [-0.15, -0.1) is 0 Å². The molecule has 1 amide bonds. The Labute approximate surface area is 159 Å². The van der Waals surface area contributed by atoms with Crippen LogP contribution in [-0.2, 0) is 10.4 Å². The summed E-state index contributed by atoms with van der Waals surface area (Å²) in [6, 6.07) is 9.99. The summed E-state index contributed by atoms with van der Waals surface area (Å²) < 4.78 is 11.1. The van der Waals surface area contributed by atoms with Crippen molar-refractivity contribution in [2.75, 3.05) is 26.2 Å². The lowest BCUT2D eigenvalue weighted by Gasteiger charge is -2.22. The van der Waals surface area contributed by atoms with Gasteiger partial charge in [0.05, 0.1) is 31.9 Å². The van der Waals surface area contributed by atoms with Crippen LogP contribution in [0.25, 0.3) is 0 Å². The van der Waals surface area contributed by atoms with Gasteiger partial charge in [-0.2, -0.15) is 0 Å². The molecule has 0 bridgehead atoms. The number of likely N-dealkylation sites (N-methyl/N-ethyl adjacent to an activating group) is 1. The zero-order valence-corrected chi connectivity index (χ0v) is 16.2. The van der Waals surface area contributed by atoms with Crippen molar-refractivity contribution in [3.63, 3.8) is 0 Å². The van der Waals surface area contributed by atoms with E-state index in [9.17, 15) is 14.7 Å². The Bertz CT molecular complexity index is 897. The molecule has 0 aromatic heterocycles. The first-order chi connectivity index (χ1) is 12.3. The average Bonchev–Trinajstić information content (AvgIpc) is 2.82. The van der Waals surface area contributed by atoms with Gasteiger partial charge < -0.3 is 19.5 Å². The molecule has 0 fully saturated rings. The van der Waals surface area contributed by atoms with E-state index in [4.69, 9.17) is 9.47 Å². The van der Waals surface area contributed by atoms with Gasteiger partial charge in [-0.25, -0.2) is 0 Å². The van der Waals surface area contributed by atoms with Gasteiger partial charge in [0, 0.05) is 17.1 Å². The van der Waals surface area contributed by atoms with Crippen LogP contribution in [0.4, 0.5) is 5.69 Å². The highest BCUT2D eigenvalue weighted by Gasteiger charge is 2.50. The van der Waals surface area contributed by atoms with E-state index < -0.39 is 23.7 Å². The Morgan fingerprint density at radius 2 is 1.92 bits per heavy atom. The molecule has 2 aromatic carbocycles. The van der Waals surface area contributed by atoms with E-state index in [0.29, 0.717) is 27.2 Å². The maximum absolute atomic E-state index is 12.9. The minimum atomic E-state index is -1.93. The van der Waals surface area contributed by atoms with Gasteiger partial charge in [-0.3, -0.25) is 9.59 Å². The summed E-state index contributed by atoms with van der Waals surface area (Å²) in [5, 5.41) is 11.1. The fourth-order valence-corrected chi connectivity index (χ4v) is 3.53. The van der Waals surface area contributed by atoms with Crippen LogP contribution in [-0.4, -0.2) is 38.1 Å².